The maximum atomic E-state index is 11.3. The van der Waals surface area contributed by atoms with Gasteiger partial charge in [0.2, 0.25) is 5.91 Å². The molecule has 0 atom stereocenters. The number of ether oxygens (including phenoxy) is 1. The SMILES string of the molecule is O=C1CCc2cc(OCC3(CS)CCCC3)ccc2N1. The first kappa shape index (κ1) is 13.8. The van der Waals surface area contributed by atoms with Crippen LogP contribution in [0.4, 0.5) is 5.69 Å². The van der Waals surface area contributed by atoms with E-state index in [2.05, 4.69) is 24.0 Å². The number of aryl methyl sites for hydroxylation is 1. The Balaban J connectivity index is 1.68. The minimum atomic E-state index is 0.103. The van der Waals surface area contributed by atoms with E-state index in [-0.39, 0.29) is 11.3 Å². The molecular weight excluding hydrogens is 270 g/mol. The Morgan fingerprint density at radius 2 is 2.05 bits per heavy atom. The van der Waals surface area contributed by atoms with Crippen LogP contribution in [-0.2, 0) is 11.2 Å². The van der Waals surface area contributed by atoms with Crippen molar-refractivity contribution in [3.8, 4) is 5.75 Å². The molecule has 0 spiro atoms. The van der Waals surface area contributed by atoms with Crippen molar-refractivity contribution in [3.05, 3.63) is 23.8 Å². The van der Waals surface area contributed by atoms with E-state index in [0.29, 0.717) is 6.42 Å². The second-order valence-corrected chi connectivity index (χ2v) is 6.34. The van der Waals surface area contributed by atoms with E-state index < -0.39 is 0 Å². The topological polar surface area (TPSA) is 38.3 Å². The van der Waals surface area contributed by atoms with E-state index in [9.17, 15) is 4.79 Å². The molecule has 1 aromatic carbocycles. The Labute approximate surface area is 125 Å². The molecule has 1 amide bonds. The molecule has 0 bridgehead atoms. The molecule has 108 valence electrons. The Hall–Kier alpha value is -1.16. The Bertz CT molecular complexity index is 509. The van der Waals surface area contributed by atoms with Gasteiger partial charge in [-0.1, -0.05) is 12.8 Å². The van der Waals surface area contributed by atoms with Crippen LogP contribution in [0.2, 0.25) is 0 Å². The van der Waals surface area contributed by atoms with Crippen LogP contribution >= 0.6 is 12.6 Å². The number of thiol groups is 1. The summed E-state index contributed by atoms with van der Waals surface area (Å²) in [5, 5.41) is 2.90. The molecular formula is C16H21NO2S. The molecule has 0 unspecified atom stereocenters. The summed E-state index contributed by atoms with van der Waals surface area (Å²) in [7, 11) is 0. The van der Waals surface area contributed by atoms with Crippen LogP contribution in [0.1, 0.15) is 37.7 Å². The molecule has 2 aliphatic rings. The minimum absolute atomic E-state index is 0.103. The summed E-state index contributed by atoms with van der Waals surface area (Å²) in [6.07, 6.45) is 6.39. The lowest BCUT2D eigenvalue weighted by Crippen LogP contribution is -2.27. The smallest absolute Gasteiger partial charge is 0.224 e. The molecule has 1 saturated carbocycles. The van der Waals surface area contributed by atoms with Crippen LogP contribution in [0.5, 0.6) is 5.75 Å². The third kappa shape index (κ3) is 2.80. The number of carbonyl (C=O) groups is 1. The molecule has 1 aliphatic carbocycles. The average Bonchev–Trinajstić information content (AvgIpc) is 2.94. The second-order valence-electron chi connectivity index (χ2n) is 6.02. The summed E-state index contributed by atoms with van der Waals surface area (Å²) in [6, 6.07) is 5.96. The summed E-state index contributed by atoms with van der Waals surface area (Å²) >= 11 is 4.51. The fraction of sp³-hybridized carbons (Fsp3) is 0.562. The number of carbonyl (C=O) groups excluding carboxylic acids is 1. The van der Waals surface area contributed by atoms with E-state index in [0.717, 1.165) is 30.2 Å². The molecule has 0 aromatic heterocycles. The average molecular weight is 291 g/mol. The van der Waals surface area contributed by atoms with Gasteiger partial charge in [-0.2, -0.15) is 12.6 Å². The Morgan fingerprint density at radius 3 is 2.80 bits per heavy atom. The van der Waals surface area contributed by atoms with Gasteiger partial charge in [0.15, 0.2) is 0 Å². The number of hydrogen-bond acceptors (Lipinski definition) is 3. The Morgan fingerprint density at radius 1 is 1.25 bits per heavy atom. The van der Waals surface area contributed by atoms with E-state index in [1.165, 1.54) is 31.2 Å². The zero-order valence-corrected chi connectivity index (χ0v) is 12.5. The monoisotopic (exact) mass is 291 g/mol. The normalized spacial score (nSPS) is 20.4. The maximum Gasteiger partial charge on any atom is 0.224 e. The fourth-order valence-electron chi connectivity index (χ4n) is 3.16. The molecule has 1 fully saturated rings. The number of amides is 1. The van der Waals surface area contributed by atoms with Gasteiger partial charge in [0.25, 0.3) is 0 Å². The first-order valence-electron chi connectivity index (χ1n) is 7.37. The van der Waals surface area contributed by atoms with Crippen molar-refractivity contribution in [2.45, 2.75) is 38.5 Å². The van der Waals surface area contributed by atoms with Crippen LogP contribution < -0.4 is 10.1 Å². The summed E-state index contributed by atoms with van der Waals surface area (Å²) in [4.78, 5) is 11.3. The van der Waals surface area contributed by atoms with Crippen molar-refractivity contribution in [1.82, 2.24) is 0 Å². The predicted octanol–water partition coefficient (Wildman–Crippen LogP) is 3.44. The molecule has 20 heavy (non-hydrogen) atoms. The number of rotatable bonds is 4. The second kappa shape index (κ2) is 5.68. The molecule has 1 N–H and O–H groups in total. The van der Waals surface area contributed by atoms with Gasteiger partial charge in [-0.3, -0.25) is 4.79 Å². The lowest BCUT2D eigenvalue weighted by atomic mass is 9.90. The van der Waals surface area contributed by atoms with Gasteiger partial charge in [-0.05, 0) is 48.8 Å². The predicted molar refractivity (Wildman–Crippen MR) is 83.6 cm³/mol. The van der Waals surface area contributed by atoms with E-state index in [1.54, 1.807) is 0 Å². The number of nitrogens with one attached hydrogen (secondary N) is 1. The zero-order valence-electron chi connectivity index (χ0n) is 11.7. The van der Waals surface area contributed by atoms with Gasteiger partial charge >= 0.3 is 0 Å². The highest BCUT2D eigenvalue weighted by Crippen LogP contribution is 2.39. The third-order valence-electron chi connectivity index (χ3n) is 4.52. The first-order valence-corrected chi connectivity index (χ1v) is 8.00. The maximum absolute atomic E-state index is 11.3. The largest absolute Gasteiger partial charge is 0.493 e. The van der Waals surface area contributed by atoms with Crippen LogP contribution in [-0.4, -0.2) is 18.3 Å². The lowest BCUT2D eigenvalue weighted by Gasteiger charge is -2.27. The standard InChI is InChI=1S/C16H21NO2S/c18-15-6-3-12-9-13(4-5-14(12)17-15)19-10-16(11-20)7-1-2-8-16/h4-5,9,20H,1-3,6-8,10-11H2,(H,17,18). The van der Waals surface area contributed by atoms with Crippen molar-refractivity contribution in [3.63, 3.8) is 0 Å². The van der Waals surface area contributed by atoms with Gasteiger partial charge in [0, 0.05) is 17.5 Å². The lowest BCUT2D eigenvalue weighted by molar-refractivity contribution is -0.116. The summed E-state index contributed by atoms with van der Waals surface area (Å²) in [5.74, 6) is 1.91. The highest BCUT2D eigenvalue weighted by molar-refractivity contribution is 7.80. The van der Waals surface area contributed by atoms with Crippen molar-refractivity contribution in [2.24, 2.45) is 5.41 Å². The highest BCUT2D eigenvalue weighted by atomic mass is 32.1. The van der Waals surface area contributed by atoms with Gasteiger partial charge < -0.3 is 10.1 Å². The van der Waals surface area contributed by atoms with Gasteiger partial charge in [0.1, 0.15) is 5.75 Å². The minimum Gasteiger partial charge on any atom is -0.493 e. The van der Waals surface area contributed by atoms with Crippen molar-refractivity contribution < 1.29 is 9.53 Å². The molecule has 3 nitrogen and oxygen atoms in total. The Kier molecular flexibility index (Phi) is 3.92. The summed E-state index contributed by atoms with van der Waals surface area (Å²) in [5.41, 5.74) is 2.36. The van der Waals surface area contributed by atoms with Gasteiger partial charge in [0.05, 0.1) is 6.61 Å². The molecule has 0 radical (unpaired) electrons. The molecule has 1 aromatic rings. The number of anilines is 1. The molecule has 0 saturated heterocycles. The summed E-state index contributed by atoms with van der Waals surface area (Å²) in [6.45, 7) is 0.752. The van der Waals surface area contributed by atoms with Gasteiger partial charge in [-0.15, -0.1) is 0 Å². The quantitative estimate of drug-likeness (QED) is 0.834. The van der Waals surface area contributed by atoms with Crippen LogP contribution in [0.3, 0.4) is 0 Å². The number of benzene rings is 1. The van der Waals surface area contributed by atoms with Crippen LogP contribution in [0.25, 0.3) is 0 Å². The first-order chi connectivity index (χ1) is 9.71. The van der Waals surface area contributed by atoms with Crippen molar-refractivity contribution in [1.29, 1.82) is 0 Å². The van der Waals surface area contributed by atoms with E-state index in [4.69, 9.17) is 4.74 Å². The van der Waals surface area contributed by atoms with Crippen molar-refractivity contribution >= 4 is 24.2 Å². The van der Waals surface area contributed by atoms with Crippen LogP contribution in [0.15, 0.2) is 18.2 Å². The third-order valence-corrected chi connectivity index (χ3v) is 5.19. The fourth-order valence-corrected chi connectivity index (χ4v) is 3.57. The highest BCUT2D eigenvalue weighted by Gasteiger charge is 2.33. The number of fused-ring (bicyclic) bond motifs is 1. The van der Waals surface area contributed by atoms with Crippen molar-refractivity contribution in [2.75, 3.05) is 17.7 Å². The molecule has 1 heterocycles. The summed E-state index contributed by atoms with van der Waals surface area (Å²) < 4.78 is 6.02. The molecule has 4 heteroatoms. The van der Waals surface area contributed by atoms with Crippen LogP contribution in [0, 0.1) is 5.41 Å². The molecule has 3 rings (SSSR count). The zero-order chi connectivity index (χ0) is 14.0. The van der Waals surface area contributed by atoms with Gasteiger partial charge in [-0.25, -0.2) is 0 Å². The van der Waals surface area contributed by atoms with E-state index in [1.807, 2.05) is 12.1 Å². The van der Waals surface area contributed by atoms with E-state index >= 15 is 0 Å². The molecule has 1 aliphatic heterocycles. The number of hydrogen-bond donors (Lipinski definition) is 2.